The van der Waals surface area contributed by atoms with E-state index < -0.39 is 14.9 Å². The van der Waals surface area contributed by atoms with Gasteiger partial charge in [0, 0.05) is 72.4 Å². The Kier molecular flexibility index (Phi) is 13.6. The number of fused-ring (bicyclic) bond motifs is 1. The molecule has 15 heteroatoms. The van der Waals surface area contributed by atoms with Crippen LogP contribution in [0.2, 0.25) is 5.02 Å². The van der Waals surface area contributed by atoms with Gasteiger partial charge in [-0.05, 0) is 89.2 Å². The number of ether oxygens (including phenoxy) is 1. The molecule has 12 nitrogen and oxygen atoms in total. The SMILES string of the molecule is O=[N+]([O-])c1cc(S(=O)(=O)Nc2ncnc3cc(C4=CCN(Cc5ccccc5-c5ccc(Cl)cc5)CC4)ccc23)ccc1N[C@H](CCN1CCOCC1)CSc1ccccc1. The Morgan fingerprint density at radius 1 is 0.869 bits per heavy atom. The molecule has 6 aromatic rings. The maximum Gasteiger partial charge on any atom is 0.293 e. The quantitative estimate of drug-likeness (QED) is 0.0546. The fraction of sp³-hybridized carbons (Fsp3) is 0.261. The van der Waals surface area contributed by atoms with E-state index in [1.165, 1.54) is 35.2 Å². The molecule has 1 atom stereocenters. The third-order valence-electron chi connectivity index (χ3n) is 11.0. The number of rotatable bonds is 16. The first kappa shape index (κ1) is 42.3. The molecule has 1 fully saturated rings. The Morgan fingerprint density at radius 2 is 1.64 bits per heavy atom. The van der Waals surface area contributed by atoms with Gasteiger partial charge in [-0.3, -0.25) is 24.6 Å². The van der Waals surface area contributed by atoms with Crippen LogP contribution in [0, 0.1) is 10.1 Å². The fourth-order valence-electron chi connectivity index (χ4n) is 7.70. The average molecular weight is 877 g/mol. The molecule has 0 amide bonds. The summed E-state index contributed by atoms with van der Waals surface area (Å²) in [6.07, 6.45) is 5.13. The Hall–Kier alpha value is -5.35. The summed E-state index contributed by atoms with van der Waals surface area (Å²) < 4.78 is 35.7. The van der Waals surface area contributed by atoms with Crippen molar-refractivity contribution in [3.63, 3.8) is 0 Å². The van der Waals surface area contributed by atoms with E-state index in [-0.39, 0.29) is 28.1 Å². The van der Waals surface area contributed by atoms with Gasteiger partial charge in [0.25, 0.3) is 15.7 Å². The lowest BCUT2D eigenvalue weighted by Gasteiger charge is -2.29. The van der Waals surface area contributed by atoms with Crippen LogP contribution in [-0.2, 0) is 21.3 Å². The first-order valence-electron chi connectivity index (χ1n) is 20.2. The first-order chi connectivity index (χ1) is 29.7. The largest absolute Gasteiger partial charge is 0.379 e. The Labute approximate surface area is 365 Å². The molecule has 0 aliphatic carbocycles. The molecule has 2 aliphatic heterocycles. The summed E-state index contributed by atoms with van der Waals surface area (Å²) in [7, 11) is -4.28. The van der Waals surface area contributed by atoms with Crippen LogP contribution in [0.1, 0.15) is 24.0 Å². The second-order valence-electron chi connectivity index (χ2n) is 15.1. The number of aromatic nitrogens is 2. The lowest BCUT2D eigenvalue weighted by Crippen LogP contribution is -2.39. The summed E-state index contributed by atoms with van der Waals surface area (Å²) in [6.45, 7) is 6.29. The zero-order valence-electron chi connectivity index (χ0n) is 33.5. The molecule has 2 aliphatic rings. The fourth-order valence-corrected chi connectivity index (χ4v) is 9.87. The third kappa shape index (κ3) is 10.8. The van der Waals surface area contributed by atoms with Gasteiger partial charge in [0.15, 0.2) is 5.82 Å². The molecule has 0 unspecified atom stereocenters. The van der Waals surface area contributed by atoms with Crippen molar-refractivity contribution in [2.45, 2.75) is 35.2 Å². The number of benzene rings is 5. The van der Waals surface area contributed by atoms with Gasteiger partial charge in [-0.2, -0.15) is 0 Å². The molecule has 61 heavy (non-hydrogen) atoms. The minimum absolute atomic E-state index is 0.0886. The van der Waals surface area contributed by atoms with Crippen LogP contribution in [-0.4, -0.2) is 90.8 Å². The number of nitrogens with zero attached hydrogens (tertiary/aromatic N) is 5. The Morgan fingerprint density at radius 3 is 2.41 bits per heavy atom. The van der Waals surface area contributed by atoms with Crippen molar-refractivity contribution in [3.8, 4) is 11.1 Å². The van der Waals surface area contributed by atoms with Gasteiger partial charge in [-0.25, -0.2) is 18.4 Å². The summed E-state index contributed by atoms with van der Waals surface area (Å²) in [5.41, 5.74) is 6.27. The minimum atomic E-state index is -4.28. The molecule has 0 bridgehead atoms. The number of sulfonamides is 1. The highest BCUT2D eigenvalue weighted by Gasteiger charge is 2.25. The number of hydrogen-bond acceptors (Lipinski definition) is 11. The van der Waals surface area contributed by atoms with Crippen molar-refractivity contribution in [1.29, 1.82) is 0 Å². The van der Waals surface area contributed by atoms with Crippen LogP contribution in [0.5, 0.6) is 0 Å². The number of nitro benzene ring substituents is 1. The van der Waals surface area contributed by atoms with Crippen LogP contribution in [0.3, 0.4) is 0 Å². The van der Waals surface area contributed by atoms with Crippen LogP contribution in [0.25, 0.3) is 27.6 Å². The van der Waals surface area contributed by atoms with Crippen molar-refractivity contribution >= 4 is 67.1 Å². The predicted molar refractivity (Wildman–Crippen MR) is 245 cm³/mol. The van der Waals surface area contributed by atoms with Gasteiger partial charge in [0.2, 0.25) is 0 Å². The summed E-state index contributed by atoms with van der Waals surface area (Å²) in [5.74, 6) is 0.748. The molecule has 2 N–H and O–H groups in total. The topological polar surface area (TPSA) is 143 Å². The molecule has 314 valence electrons. The van der Waals surface area contributed by atoms with Crippen molar-refractivity contribution < 1.29 is 18.1 Å². The highest BCUT2D eigenvalue weighted by Crippen LogP contribution is 2.33. The Balaban J connectivity index is 0.953. The zero-order chi connectivity index (χ0) is 42.2. The van der Waals surface area contributed by atoms with Gasteiger partial charge in [-0.15, -0.1) is 11.8 Å². The molecular weight excluding hydrogens is 830 g/mol. The van der Waals surface area contributed by atoms with E-state index in [0.717, 1.165) is 74.2 Å². The summed E-state index contributed by atoms with van der Waals surface area (Å²) in [4.78, 5) is 26.2. The van der Waals surface area contributed by atoms with E-state index in [0.29, 0.717) is 34.9 Å². The number of thioether (sulfide) groups is 1. The number of morpholine rings is 1. The monoisotopic (exact) mass is 875 g/mol. The second-order valence-corrected chi connectivity index (χ2v) is 18.3. The normalized spacial score (nSPS) is 15.6. The molecule has 3 heterocycles. The Bertz CT molecular complexity index is 2630. The smallest absolute Gasteiger partial charge is 0.293 e. The molecule has 0 spiro atoms. The second kappa shape index (κ2) is 19.6. The van der Waals surface area contributed by atoms with E-state index in [1.807, 2.05) is 72.8 Å². The van der Waals surface area contributed by atoms with E-state index in [9.17, 15) is 18.5 Å². The average Bonchev–Trinajstić information content (AvgIpc) is 3.28. The molecule has 8 rings (SSSR count). The number of halogens is 1. The van der Waals surface area contributed by atoms with E-state index >= 15 is 0 Å². The molecule has 0 saturated carbocycles. The molecule has 5 aromatic carbocycles. The van der Waals surface area contributed by atoms with Gasteiger partial charge in [0.1, 0.15) is 12.0 Å². The minimum Gasteiger partial charge on any atom is -0.379 e. The third-order valence-corrected chi connectivity index (χ3v) is 13.8. The van der Waals surface area contributed by atoms with Crippen LogP contribution in [0.15, 0.2) is 137 Å². The summed E-state index contributed by atoms with van der Waals surface area (Å²) in [6, 6.07) is 35.9. The predicted octanol–water partition coefficient (Wildman–Crippen LogP) is 9.24. The number of nitro groups is 1. The van der Waals surface area contributed by atoms with Crippen LogP contribution >= 0.6 is 23.4 Å². The van der Waals surface area contributed by atoms with Gasteiger partial charge < -0.3 is 10.1 Å². The highest BCUT2D eigenvalue weighted by atomic mass is 35.5. The molecule has 0 radical (unpaired) electrons. The van der Waals surface area contributed by atoms with Gasteiger partial charge >= 0.3 is 0 Å². The van der Waals surface area contributed by atoms with E-state index in [2.05, 4.69) is 60.1 Å². The van der Waals surface area contributed by atoms with Gasteiger partial charge in [0.05, 0.1) is 28.5 Å². The lowest BCUT2D eigenvalue weighted by atomic mass is 9.96. The molecular formula is C46H46ClN7O5S2. The van der Waals surface area contributed by atoms with Crippen molar-refractivity contribution in [2.24, 2.45) is 0 Å². The summed E-state index contributed by atoms with van der Waals surface area (Å²) >= 11 is 7.81. The first-order valence-corrected chi connectivity index (χ1v) is 23.1. The van der Waals surface area contributed by atoms with Gasteiger partial charge in [-0.1, -0.05) is 78.3 Å². The number of anilines is 2. The standard InChI is InChI=1S/C46H46ClN7O5S2/c47-37-13-10-34(11-14-37)41-9-5-4-6-36(41)30-53-21-18-33(19-22-53)35-12-16-42-44(28-35)48-32-49-46(42)51-61(57,58)40-15-17-43(45(29-40)54(55)56)50-38(20-23-52-24-26-59-27-25-52)31-60-39-7-2-1-3-8-39/h1-18,28-29,32,38,50H,19-27,30-31H2,(H,48,49,51)/t38-/m1/s1. The maximum atomic E-state index is 13.8. The van der Waals surface area contributed by atoms with E-state index in [1.54, 1.807) is 11.8 Å². The highest BCUT2D eigenvalue weighted by molar-refractivity contribution is 7.99. The molecule has 1 saturated heterocycles. The summed E-state index contributed by atoms with van der Waals surface area (Å²) in [5, 5.41) is 17.0. The lowest BCUT2D eigenvalue weighted by molar-refractivity contribution is -0.384. The van der Waals surface area contributed by atoms with Crippen molar-refractivity contribution in [1.82, 2.24) is 19.8 Å². The van der Waals surface area contributed by atoms with Crippen LogP contribution in [0.4, 0.5) is 17.2 Å². The number of nitrogens with one attached hydrogen (secondary N) is 2. The number of hydrogen-bond donors (Lipinski definition) is 2. The van der Waals surface area contributed by atoms with E-state index in [4.69, 9.17) is 16.3 Å². The van der Waals surface area contributed by atoms with Crippen LogP contribution < -0.4 is 10.0 Å². The van der Waals surface area contributed by atoms with Crippen molar-refractivity contribution in [3.05, 3.63) is 154 Å². The molecule has 1 aromatic heterocycles. The maximum absolute atomic E-state index is 13.8. The van der Waals surface area contributed by atoms with Crippen molar-refractivity contribution in [2.75, 3.05) is 61.7 Å². The zero-order valence-corrected chi connectivity index (χ0v) is 35.8.